The fraction of sp³-hybridized carbons (Fsp3) is 0.636. The van der Waals surface area contributed by atoms with Crippen molar-refractivity contribution < 1.29 is 21.6 Å². The molecular formula is C11H18N2O5S3. The molecular weight excluding hydrogens is 336 g/mol. The molecule has 21 heavy (non-hydrogen) atoms. The largest absolute Gasteiger partial charge is 0.367 e. The van der Waals surface area contributed by atoms with Gasteiger partial charge in [-0.15, -0.1) is 11.3 Å². The van der Waals surface area contributed by atoms with Crippen LogP contribution in [0.25, 0.3) is 0 Å². The first-order valence-electron chi connectivity index (χ1n) is 6.26. The normalized spacial score (nSPS) is 26.3. The summed E-state index contributed by atoms with van der Waals surface area (Å²) < 4.78 is 52.7. The van der Waals surface area contributed by atoms with Gasteiger partial charge in [-0.05, 0) is 26.3 Å². The number of rotatable bonds is 4. The molecule has 3 atom stereocenters. The minimum Gasteiger partial charge on any atom is -0.367 e. The molecule has 7 nitrogen and oxygen atoms in total. The Bertz CT molecular complexity index is 738. The van der Waals surface area contributed by atoms with Gasteiger partial charge in [0.15, 0.2) is 9.84 Å². The van der Waals surface area contributed by atoms with Gasteiger partial charge in [-0.1, -0.05) is 0 Å². The van der Waals surface area contributed by atoms with E-state index in [1.807, 2.05) is 0 Å². The highest BCUT2D eigenvalue weighted by Gasteiger charge is 2.39. The van der Waals surface area contributed by atoms with E-state index < -0.39 is 25.1 Å². The van der Waals surface area contributed by atoms with Gasteiger partial charge in [0, 0.05) is 18.7 Å². The van der Waals surface area contributed by atoms with Crippen molar-refractivity contribution in [1.29, 1.82) is 0 Å². The number of fused-ring (bicyclic) bond motifs is 1. The van der Waals surface area contributed by atoms with Gasteiger partial charge in [0.1, 0.15) is 14.6 Å². The fourth-order valence-electron chi connectivity index (χ4n) is 2.25. The van der Waals surface area contributed by atoms with Crippen molar-refractivity contribution in [3.8, 4) is 0 Å². The van der Waals surface area contributed by atoms with Crippen LogP contribution in [0, 0.1) is 0 Å². The van der Waals surface area contributed by atoms with E-state index in [9.17, 15) is 16.8 Å². The summed E-state index contributed by atoms with van der Waals surface area (Å²) in [6.45, 7) is 3.40. The van der Waals surface area contributed by atoms with Gasteiger partial charge >= 0.3 is 0 Å². The van der Waals surface area contributed by atoms with Crippen molar-refractivity contribution in [3.05, 3.63) is 11.6 Å². The van der Waals surface area contributed by atoms with Crippen molar-refractivity contribution >= 4 is 31.2 Å². The minimum atomic E-state index is -3.93. The van der Waals surface area contributed by atoms with Crippen molar-refractivity contribution in [2.24, 2.45) is 5.14 Å². The number of hydrogen-bond acceptors (Lipinski definition) is 7. The van der Waals surface area contributed by atoms with Crippen molar-refractivity contribution in [1.82, 2.24) is 5.32 Å². The molecule has 1 aliphatic rings. The number of ether oxygens (including phenoxy) is 1. The number of nitrogens with two attached hydrogens (primary N) is 1. The molecule has 1 aliphatic heterocycles. The van der Waals surface area contributed by atoms with Gasteiger partial charge in [0.25, 0.3) is 0 Å². The van der Waals surface area contributed by atoms with Gasteiger partial charge in [0.2, 0.25) is 10.0 Å². The zero-order chi connectivity index (χ0) is 16.0. The summed E-state index contributed by atoms with van der Waals surface area (Å²) in [5, 5.41) is 7.65. The van der Waals surface area contributed by atoms with Crippen LogP contribution in [0.2, 0.25) is 0 Å². The average Bonchev–Trinajstić information content (AvgIpc) is 2.82. The van der Waals surface area contributed by atoms with Crippen LogP contribution < -0.4 is 10.5 Å². The molecule has 2 heterocycles. The zero-order valence-corrected chi connectivity index (χ0v) is 14.3. The SMILES string of the molecule is COC(C)NC1CC(C)S(=O)(=O)c2sc(S(N)(=O)=O)cc21. The molecule has 0 saturated carbocycles. The Labute approximate surface area is 128 Å². The summed E-state index contributed by atoms with van der Waals surface area (Å²) in [5.41, 5.74) is 0.450. The summed E-state index contributed by atoms with van der Waals surface area (Å²) in [5.74, 6) is 0. The first-order valence-corrected chi connectivity index (χ1v) is 10.2. The highest BCUT2D eigenvalue weighted by molar-refractivity contribution is 7.95. The smallest absolute Gasteiger partial charge is 0.247 e. The quantitative estimate of drug-likeness (QED) is 0.764. The van der Waals surface area contributed by atoms with Crippen molar-refractivity contribution in [2.45, 2.75) is 46.2 Å². The second kappa shape index (κ2) is 5.60. The van der Waals surface area contributed by atoms with Crippen LogP contribution in [0.1, 0.15) is 31.9 Å². The highest BCUT2D eigenvalue weighted by atomic mass is 32.3. The summed E-state index contributed by atoms with van der Waals surface area (Å²) in [6.07, 6.45) is 0.0674. The Morgan fingerprint density at radius 1 is 1.52 bits per heavy atom. The molecule has 0 bridgehead atoms. The average molecular weight is 354 g/mol. The predicted molar refractivity (Wildman–Crippen MR) is 79.3 cm³/mol. The van der Waals surface area contributed by atoms with E-state index in [0.717, 1.165) is 0 Å². The number of methoxy groups -OCH3 is 1. The number of primary sulfonamides is 1. The molecule has 1 aromatic rings. The highest BCUT2D eigenvalue weighted by Crippen LogP contribution is 2.42. The number of hydrogen-bond donors (Lipinski definition) is 2. The van der Waals surface area contributed by atoms with Crippen LogP contribution >= 0.6 is 11.3 Å². The Balaban J connectivity index is 2.56. The third kappa shape index (κ3) is 3.15. The molecule has 0 saturated heterocycles. The molecule has 3 unspecified atom stereocenters. The predicted octanol–water partition coefficient (Wildman–Crippen LogP) is 0.585. The lowest BCUT2D eigenvalue weighted by molar-refractivity contribution is 0.0762. The van der Waals surface area contributed by atoms with Crippen LogP contribution in [0.15, 0.2) is 14.5 Å². The van der Waals surface area contributed by atoms with E-state index in [1.165, 1.54) is 13.2 Å². The maximum atomic E-state index is 12.4. The van der Waals surface area contributed by atoms with Crippen LogP contribution in [0.3, 0.4) is 0 Å². The first kappa shape index (κ1) is 16.8. The van der Waals surface area contributed by atoms with E-state index >= 15 is 0 Å². The zero-order valence-electron chi connectivity index (χ0n) is 11.9. The van der Waals surface area contributed by atoms with E-state index in [2.05, 4.69) is 5.32 Å². The number of nitrogens with one attached hydrogen (secondary N) is 1. The van der Waals surface area contributed by atoms with Gasteiger partial charge in [-0.25, -0.2) is 22.0 Å². The van der Waals surface area contributed by atoms with E-state index in [-0.39, 0.29) is 20.7 Å². The second-order valence-corrected chi connectivity index (χ2v) is 10.4. The summed E-state index contributed by atoms with van der Waals surface area (Å²) >= 11 is 0.710. The number of sulfone groups is 1. The third-order valence-electron chi connectivity index (χ3n) is 3.50. The van der Waals surface area contributed by atoms with E-state index in [4.69, 9.17) is 9.88 Å². The second-order valence-electron chi connectivity index (χ2n) is 5.04. The molecule has 10 heteroatoms. The monoisotopic (exact) mass is 354 g/mol. The van der Waals surface area contributed by atoms with E-state index in [1.54, 1.807) is 13.8 Å². The lowest BCUT2D eigenvalue weighted by Crippen LogP contribution is -2.38. The number of sulfonamides is 1. The lowest BCUT2D eigenvalue weighted by Gasteiger charge is -2.29. The van der Waals surface area contributed by atoms with Crippen LogP contribution in [-0.4, -0.2) is 35.4 Å². The minimum absolute atomic E-state index is 0.0751. The molecule has 0 radical (unpaired) electrons. The molecule has 0 spiro atoms. The van der Waals surface area contributed by atoms with Gasteiger partial charge < -0.3 is 4.74 Å². The molecule has 0 aliphatic carbocycles. The molecule has 120 valence electrons. The molecule has 1 aromatic heterocycles. The Morgan fingerprint density at radius 2 is 2.14 bits per heavy atom. The lowest BCUT2D eigenvalue weighted by atomic mass is 10.0. The Hall–Kier alpha value is -0.520. The molecule has 2 rings (SSSR count). The fourth-order valence-corrected chi connectivity index (χ4v) is 6.67. The van der Waals surface area contributed by atoms with Crippen LogP contribution in [0.5, 0.6) is 0 Å². The maximum Gasteiger partial charge on any atom is 0.247 e. The third-order valence-corrected chi connectivity index (χ3v) is 8.82. The van der Waals surface area contributed by atoms with E-state index in [0.29, 0.717) is 23.3 Å². The van der Waals surface area contributed by atoms with Crippen LogP contribution in [0.4, 0.5) is 0 Å². The molecule has 0 amide bonds. The van der Waals surface area contributed by atoms with Gasteiger partial charge in [0.05, 0.1) is 5.25 Å². The summed E-state index contributed by atoms with van der Waals surface area (Å²) in [6, 6.07) is 1.05. The Morgan fingerprint density at radius 3 is 2.67 bits per heavy atom. The van der Waals surface area contributed by atoms with Gasteiger partial charge in [-0.3, -0.25) is 5.32 Å². The molecule has 3 N–H and O–H groups in total. The maximum absolute atomic E-state index is 12.4. The van der Waals surface area contributed by atoms with Crippen LogP contribution in [-0.2, 0) is 24.6 Å². The van der Waals surface area contributed by atoms with Crippen molar-refractivity contribution in [2.75, 3.05) is 7.11 Å². The molecule has 0 fully saturated rings. The standard InChI is InChI=1S/C11H18N2O5S3/c1-6-4-9(13-7(2)18-3)8-5-10(21(12,16)17)19-11(8)20(6,14)15/h5-7,9,13H,4H2,1-3H3,(H2,12,16,17). The van der Waals surface area contributed by atoms with Gasteiger partial charge in [-0.2, -0.15) is 0 Å². The summed E-state index contributed by atoms with van der Waals surface area (Å²) in [4.78, 5) is 0. The summed E-state index contributed by atoms with van der Waals surface area (Å²) in [7, 11) is -5.91. The molecule has 0 aromatic carbocycles. The number of thiophene rings is 1. The van der Waals surface area contributed by atoms with Crippen molar-refractivity contribution in [3.63, 3.8) is 0 Å². The Kier molecular flexibility index (Phi) is 4.49. The topological polar surface area (TPSA) is 116 Å². The first-order chi connectivity index (χ1) is 9.57.